The van der Waals surface area contributed by atoms with Crippen molar-refractivity contribution < 1.29 is 24.2 Å². The Labute approximate surface area is 219 Å². The highest BCUT2D eigenvalue weighted by Crippen LogP contribution is 2.33. The number of carboxylic acids is 1. The standard InChI is InChI=1S/C30H51NO5/c1-4-7-10-13-15-18-21-35-25-23-26(31-28(32)20-17-12-9-6-3)29(30(33)34)27(24-25)36-22-19-16-14-11-8-5-2/h23-24H,4-22H2,1-3H3,(H,31,32)(H,33,34). The fourth-order valence-electron chi connectivity index (χ4n) is 4.17. The molecule has 0 bridgehead atoms. The molecule has 0 aliphatic rings. The molecule has 0 saturated heterocycles. The summed E-state index contributed by atoms with van der Waals surface area (Å²) in [7, 11) is 0. The molecule has 36 heavy (non-hydrogen) atoms. The molecular weight excluding hydrogens is 454 g/mol. The van der Waals surface area contributed by atoms with Gasteiger partial charge >= 0.3 is 5.97 Å². The van der Waals surface area contributed by atoms with E-state index in [1.54, 1.807) is 12.1 Å². The third-order valence-electron chi connectivity index (χ3n) is 6.34. The Morgan fingerprint density at radius 3 is 1.75 bits per heavy atom. The molecule has 0 atom stereocenters. The number of carbonyl (C=O) groups excluding carboxylic acids is 1. The fourth-order valence-corrected chi connectivity index (χ4v) is 4.17. The summed E-state index contributed by atoms with van der Waals surface area (Å²) in [6, 6.07) is 3.29. The van der Waals surface area contributed by atoms with Gasteiger partial charge in [-0.3, -0.25) is 4.79 Å². The summed E-state index contributed by atoms with van der Waals surface area (Å²) in [5, 5.41) is 12.8. The Hall–Kier alpha value is -2.24. The molecule has 1 aromatic rings. The van der Waals surface area contributed by atoms with Crippen LogP contribution < -0.4 is 14.8 Å². The monoisotopic (exact) mass is 505 g/mol. The summed E-state index contributed by atoms with van der Waals surface area (Å²) in [5.74, 6) is -0.495. The first-order valence-electron chi connectivity index (χ1n) is 14.5. The first-order valence-corrected chi connectivity index (χ1v) is 14.5. The normalized spacial score (nSPS) is 10.9. The van der Waals surface area contributed by atoms with Crippen LogP contribution in [0.15, 0.2) is 12.1 Å². The molecule has 1 amide bonds. The zero-order valence-corrected chi connectivity index (χ0v) is 23.2. The number of unbranched alkanes of at least 4 members (excludes halogenated alkanes) is 13. The lowest BCUT2D eigenvalue weighted by atomic mass is 10.1. The molecule has 1 rings (SSSR count). The SMILES string of the molecule is CCCCCCCCOc1cc(NC(=O)CCCCCC)c(C(=O)O)c(OCCCCCCCC)c1. The Kier molecular flexibility index (Phi) is 18.5. The predicted octanol–water partition coefficient (Wildman–Crippen LogP) is 8.77. The largest absolute Gasteiger partial charge is 0.493 e. The van der Waals surface area contributed by atoms with E-state index >= 15 is 0 Å². The molecule has 0 saturated carbocycles. The van der Waals surface area contributed by atoms with Crippen LogP contribution in [0.4, 0.5) is 5.69 Å². The minimum atomic E-state index is -1.11. The van der Waals surface area contributed by atoms with E-state index in [1.807, 2.05) is 0 Å². The van der Waals surface area contributed by atoms with Crippen LogP contribution in [0, 0.1) is 0 Å². The lowest BCUT2D eigenvalue weighted by molar-refractivity contribution is -0.116. The van der Waals surface area contributed by atoms with E-state index in [2.05, 4.69) is 26.1 Å². The number of amides is 1. The van der Waals surface area contributed by atoms with Gasteiger partial charge in [0.05, 0.1) is 18.9 Å². The lowest BCUT2D eigenvalue weighted by Gasteiger charge is -2.17. The van der Waals surface area contributed by atoms with Gasteiger partial charge < -0.3 is 19.9 Å². The molecular formula is C30H51NO5. The van der Waals surface area contributed by atoms with Gasteiger partial charge in [0.2, 0.25) is 5.91 Å². The number of benzene rings is 1. The molecule has 206 valence electrons. The van der Waals surface area contributed by atoms with E-state index in [0.717, 1.165) is 57.8 Å². The quantitative estimate of drug-likeness (QED) is 0.145. The van der Waals surface area contributed by atoms with E-state index in [9.17, 15) is 14.7 Å². The highest BCUT2D eigenvalue weighted by molar-refractivity contribution is 6.03. The lowest BCUT2D eigenvalue weighted by Crippen LogP contribution is -2.16. The second kappa shape index (κ2) is 20.9. The number of aromatic carboxylic acids is 1. The molecule has 0 radical (unpaired) electrons. The third-order valence-corrected chi connectivity index (χ3v) is 6.34. The molecule has 6 heteroatoms. The highest BCUT2D eigenvalue weighted by Gasteiger charge is 2.21. The number of anilines is 1. The van der Waals surface area contributed by atoms with Crippen molar-refractivity contribution in [2.24, 2.45) is 0 Å². The van der Waals surface area contributed by atoms with E-state index in [4.69, 9.17) is 9.47 Å². The summed E-state index contributed by atoms with van der Waals surface area (Å²) in [6.07, 6.45) is 18.0. The first-order chi connectivity index (χ1) is 17.5. The van der Waals surface area contributed by atoms with Crippen molar-refractivity contribution in [3.05, 3.63) is 17.7 Å². The van der Waals surface area contributed by atoms with Crippen LogP contribution in [0.2, 0.25) is 0 Å². The molecule has 0 aliphatic heterocycles. The number of carbonyl (C=O) groups is 2. The highest BCUT2D eigenvalue weighted by atomic mass is 16.5. The maximum atomic E-state index is 12.6. The van der Waals surface area contributed by atoms with Crippen molar-refractivity contribution in [3.8, 4) is 11.5 Å². The molecule has 6 nitrogen and oxygen atoms in total. The van der Waals surface area contributed by atoms with Crippen LogP contribution in [0.25, 0.3) is 0 Å². The van der Waals surface area contributed by atoms with Gasteiger partial charge in [0, 0.05) is 18.6 Å². The number of carboxylic acid groups (broad SMARTS) is 1. The van der Waals surface area contributed by atoms with Gasteiger partial charge in [0.1, 0.15) is 17.1 Å². The molecule has 2 N–H and O–H groups in total. The van der Waals surface area contributed by atoms with Crippen LogP contribution in [0.1, 0.15) is 140 Å². The minimum Gasteiger partial charge on any atom is -0.493 e. The van der Waals surface area contributed by atoms with Crippen LogP contribution >= 0.6 is 0 Å². The Balaban J connectivity index is 2.86. The van der Waals surface area contributed by atoms with Crippen molar-refractivity contribution in [3.63, 3.8) is 0 Å². The van der Waals surface area contributed by atoms with E-state index in [-0.39, 0.29) is 22.9 Å². The zero-order valence-electron chi connectivity index (χ0n) is 23.2. The Morgan fingerprint density at radius 2 is 1.19 bits per heavy atom. The Bertz CT molecular complexity index is 734. The van der Waals surface area contributed by atoms with Crippen LogP contribution in [-0.2, 0) is 4.79 Å². The zero-order chi connectivity index (χ0) is 26.4. The van der Waals surface area contributed by atoms with Gasteiger partial charge in [0.25, 0.3) is 0 Å². The number of ether oxygens (including phenoxy) is 2. The van der Waals surface area contributed by atoms with Gasteiger partial charge in [0.15, 0.2) is 0 Å². The topological polar surface area (TPSA) is 84.9 Å². The van der Waals surface area contributed by atoms with Crippen LogP contribution in [-0.4, -0.2) is 30.2 Å². The average Bonchev–Trinajstić information content (AvgIpc) is 2.85. The van der Waals surface area contributed by atoms with Crippen LogP contribution in [0.5, 0.6) is 11.5 Å². The summed E-state index contributed by atoms with van der Waals surface area (Å²) >= 11 is 0. The number of nitrogens with one attached hydrogen (secondary N) is 1. The van der Waals surface area contributed by atoms with Crippen LogP contribution in [0.3, 0.4) is 0 Å². The molecule has 1 aromatic carbocycles. The molecule has 0 heterocycles. The number of hydrogen-bond acceptors (Lipinski definition) is 4. The first kappa shape index (κ1) is 31.8. The van der Waals surface area contributed by atoms with Crippen molar-refractivity contribution >= 4 is 17.6 Å². The molecule has 0 aliphatic carbocycles. The summed E-state index contributed by atoms with van der Waals surface area (Å²) in [5.41, 5.74) is 0.246. The summed E-state index contributed by atoms with van der Waals surface area (Å²) < 4.78 is 11.9. The molecule has 0 unspecified atom stereocenters. The van der Waals surface area contributed by atoms with Crippen molar-refractivity contribution in [2.45, 2.75) is 130 Å². The van der Waals surface area contributed by atoms with E-state index < -0.39 is 5.97 Å². The van der Waals surface area contributed by atoms with Crippen molar-refractivity contribution in [2.75, 3.05) is 18.5 Å². The van der Waals surface area contributed by atoms with Crippen molar-refractivity contribution in [1.29, 1.82) is 0 Å². The molecule has 0 spiro atoms. The predicted molar refractivity (Wildman–Crippen MR) is 149 cm³/mol. The minimum absolute atomic E-state index is 0.00481. The fraction of sp³-hybridized carbons (Fsp3) is 0.733. The third kappa shape index (κ3) is 14.4. The number of rotatable bonds is 23. The average molecular weight is 506 g/mol. The molecule has 0 fully saturated rings. The summed E-state index contributed by atoms with van der Waals surface area (Å²) in [6.45, 7) is 7.53. The second-order valence-electron chi connectivity index (χ2n) is 9.74. The van der Waals surface area contributed by atoms with E-state index in [1.165, 1.54) is 44.9 Å². The van der Waals surface area contributed by atoms with Gasteiger partial charge in [-0.05, 0) is 19.3 Å². The van der Waals surface area contributed by atoms with Gasteiger partial charge in [-0.25, -0.2) is 4.79 Å². The van der Waals surface area contributed by atoms with Gasteiger partial charge in [-0.1, -0.05) is 104 Å². The number of hydrogen-bond donors (Lipinski definition) is 2. The van der Waals surface area contributed by atoms with Gasteiger partial charge in [-0.15, -0.1) is 0 Å². The smallest absolute Gasteiger partial charge is 0.341 e. The molecule has 0 aromatic heterocycles. The maximum absolute atomic E-state index is 12.6. The van der Waals surface area contributed by atoms with E-state index in [0.29, 0.717) is 25.4 Å². The Morgan fingerprint density at radius 1 is 0.694 bits per heavy atom. The maximum Gasteiger partial charge on any atom is 0.341 e. The van der Waals surface area contributed by atoms with Crippen molar-refractivity contribution in [1.82, 2.24) is 0 Å². The van der Waals surface area contributed by atoms with Gasteiger partial charge in [-0.2, -0.15) is 0 Å². The second-order valence-corrected chi connectivity index (χ2v) is 9.74. The summed E-state index contributed by atoms with van der Waals surface area (Å²) in [4.78, 5) is 24.7.